The van der Waals surface area contributed by atoms with Gasteiger partial charge in [0.2, 0.25) is 0 Å². The van der Waals surface area contributed by atoms with Crippen LogP contribution in [0.3, 0.4) is 0 Å². The third kappa shape index (κ3) is 3.05. The molecule has 0 aromatic heterocycles. The van der Waals surface area contributed by atoms with Gasteiger partial charge in [-0.3, -0.25) is 9.59 Å². The van der Waals surface area contributed by atoms with E-state index in [4.69, 9.17) is 4.74 Å². The normalized spacial score (nSPS) is 21.2. The number of carbonyl (C=O) groups is 2. The van der Waals surface area contributed by atoms with E-state index in [1.807, 2.05) is 19.9 Å². The molecule has 0 bridgehead atoms. The van der Waals surface area contributed by atoms with E-state index < -0.39 is 17.5 Å². The van der Waals surface area contributed by atoms with Crippen LogP contribution in [0.5, 0.6) is 0 Å². The summed E-state index contributed by atoms with van der Waals surface area (Å²) >= 11 is 0. The molecule has 0 amide bonds. The van der Waals surface area contributed by atoms with Gasteiger partial charge in [-0.25, -0.2) is 4.39 Å². The minimum Gasteiger partial charge on any atom is -0.450 e. The van der Waals surface area contributed by atoms with Gasteiger partial charge in [-0.1, -0.05) is 43.7 Å². The molecule has 1 unspecified atom stereocenters. The van der Waals surface area contributed by atoms with Gasteiger partial charge in [0.1, 0.15) is 11.7 Å². The fraction of sp³-hybridized carbons (Fsp3) is 0.417. The maximum atomic E-state index is 14.6. The number of benzene rings is 2. The Kier molecular flexibility index (Phi) is 4.82. The van der Waals surface area contributed by atoms with Crippen LogP contribution in [-0.2, 0) is 20.7 Å². The number of Topliss-reactive ketones (excluding diaryl/α,β-unsaturated/α-hetero) is 1. The molecule has 2 aromatic carbocycles. The summed E-state index contributed by atoms with van der Waals surface area (Å²) < 4.78 is 20.2. The lowest BCUT2D eigenvalue weighted by Gasteiger charge is -2.29. The second kappa shape index (κ2) is 7.16. The predicted octanol–water partition coefficient (Wildman–Crippen LogP) is 5.28. The molecule has 3 nitrogen and oxygen atoms in total. The van der Waals surface area contributed by atoms with E-state index in [0.717, 1.165) is 42.4 Å². The van der Waals surface area contributed by atoms with E-state index in [-0.39, 0.29) is 11.6 Å². The van der Waals surface area contributed by atoms with Gasteiger partial charge in [-0.05, 0) is 67.3 Å². The van der Waals surface area contributed by atoms with Crippen molar-refractivity contribution in [2.45, 2.75) is 63.9 Å². The Labute approximate surface area is 164 Å². The molecule has 2 fully saturated rings. The van der Waals surface area contributed by atoms with E-state index in [0.29, 0.717) is 24.0 Å². The monoisotopic (exact) mass is 380 g/mol. The van der Waals surface area contributed by atoms with Crippen LogP contribution in [0, 0.1) is 12.7 Å². The lowest BCUT2D eigenvalue weighted by Crippen LogP contribution is -2.39. The SMILES string of the molecule is CCc1cc(C)c(-c2ccc(C3C(=O)OC4(CCCCC4)C3=O)cc2)c(F)c1. The number of rotatable bonds is 3. The molecule has 1 saturated heterocycles. The molecule has 2 aliphatic rings. The molecule has 1 saturated carbocycles. The number of esters is 1. The van der Waals surface area contributed by atoms with Crippen molar-refractivity contribution < 1.29 is 18.7 Å². The molecule has 4 rings (SSSR count). The van der Waals surface area contributed by atoms with Gasteiger partial charge in [-0.15, -0.1) is 0 Å². The van der Waals surface area contributed by atoms with Gasteiger partial charge in [0.25, 0.3) is 0 Å². The van der Waals surface area contributed by atoms with E-state index in [1.54, 1.807) is 30.3 Å². The van der Waals surface area contributed by atoms with Crippen LogP contribution in [0.1, 0.15) is 61.6 Å². The minimum atomic E-state index is -0.919. The molecular weight excluding hydrogens is 355 g/mol. The summed E-state index contributed by atoms with van der Waals surface area (Å²) in [5.41, 5.74) is 2.86. The van der Waals surface area contributed by atoms with E-state index in [1.165, 1.54) is 0 Å². The second-order valence-corrected chi connectivity index (χ2v) is 8.02. The standard InChI is InChI=1S/C24H25FO3/c1-3-16-13-15(2)20(19(25)14-16)17-7-9-18(10-8-17)21-22(26)24(28-23(21)27)11-5-4-6-12-24/h7-10,13-14,21H,3-6,11-12H2,1-2H3. The molecule has 4 heteroatoms. The van der Waals surface area contributed by atoms with Crippen LogP contribution >= 0.6 is 0 Å². The van der Waals surface area contributed by atoms with Gasteiger partial charge in [0.05, 0.1) is 0 Å². The van der Waals surface area contributed by atoms with Crippen molar-refractivity contribution in [3.8, 4) is 11.1 Å². The summed E-state index contributed by atoms with van der Waals surface area (Å²) in [5.74, 6) is -1.67. The van der Waals surface area contributed by atoms with Gasteiger partial charge >= 0.3 is 5.97 Å². The molecule has 2 aromatic rings. The number of ether oxygens (including phenoxy) is 1. The van der Waals surface area contributed by atoms with Crippen molar-refractivity contribution in [1.29, 1.82) is 0 Å². The highest BCUT2D eigenvalue weighted by Gasteiger charge is 2.55. The average Bonchev–Trinajstić information content (AvgIpc) is 2.92. The minimum absolute atomic E-state index is 0.111. The number of halogens is 1. The van der Waals surface area contributed by atoms with Gasteiger partial charge in [0, 0.05) is 5.56 Å². The van der Waals surface area contributed by atoms with E-state index in [9.17, 15) is 14.0 Å². The molecule has 28 heavy (non-hydrogen) atoms. The first kappa shape index (κ1) is 18.9. The summed E-state index contributed by atoms with van der Waals surface area (Å²) in [4.78, 5) is 25.5. The number of ketones is 1. The number of hydrogen-bond donors (Lipinski definition) is 0. The van der Waals surface area contributed by atoms with Gasteiger partial charge < -0.3 is 4.74 Å². The third-order valence-electron chi connectivity index (χ3n) is 6.19. The molecule has 0 radical (unpaired) electrons. The van der Waals surface area contributed by atoms with Crippen LogP contribution in [-0.4, -0.2) is 17.4 Å². The van der Waals surface area contributed by atoms with Crippen molar-refractivity contribution in [3.63, 3.8) is 0 Å². The number of hydrogen-bond acceptors (Lipinski definition) is 3. The van der Waals surface area contributed by atoms with Crippen LogP contribution in [0.4, 0.5) is 4.39 Å². The van der Waals surface area contributed by atoms with Crippen molar-refractivity contribution in [2.24, 2.45) is 0 Å². The Hall–Kier alpha value is -2.49. The predicted molar refractivity (Wildman–Crippen MR) is 106 cm³/mol. The average molecular weight is 380 g/mol. The summed E-state index contributed by atoms with van der Waals surface area (Å²) in [6, 6.07) is 10.7. The zero-order valence-corrected chi connectivity index (χ0v) is 16.4. The van der Waals surface area contributed by atoms with Crippen molar-refractivity contribution in [2.75, 3.05) is 0 Å². The molecular formula is C24H25FO3. The summed E-state index contributed by atoms with van der Waals surface area (Å²) in [7, 11) is 0. The molecule has 0 N–H and O–H groups in total. The first-order chi connectivity index (χ1) is 13.4. The maximum absolute atomic E-state index is 14.6. The fourth-order valence-corrected chi connectivity index (χ4v) is 4.66. The Morgan fingerprint density at radius 1 is 1.07 bits per heavy atom. The molecule has 1 aliphatic carbocycles. The molecule has 1 heterocycles. The van der Waals surface area contributed by atoms with Crippen molar-refractivity contribution in [3.05, 3.63) is 58.9 Å². The van der Waals surface area contributed by atoms with E-state index >= 15 is 0 Å². The van der Waals surface area contributed by atoms with Crippen LogP contribution in [0.25, 0.3) is 11.1 Å². The van der Waals surface area contributed by atoms with E-state index in [2.05, 4.69) is 0 Å². The summed E-state index contributed by atoms with van der Waals surface area (Å²) in [6.45, 7) is 3.90. The van der Waals surface area contributed by atoms with Crippen molar-refractivity contribution in [1.82, 2.24) is 0 Å². The largest absolute Gasteiger partial charge is 0.450 e. The molecule has 1 spiro atoms. The molecule has 1 atom stereocenters. The first-order valence-electron chi connectivity index (χ1n) is 10.1. The molecule has 146 valence electrons. The third-order valence-corrected chi connectivity index (χ3v) is 6.19. The quantitative estimate of drug-likeness (QED) is 0.538. The highest BCUT2D eigenvalue weighted by molar-refractivity contribution is 6.13. The summed E-state index contributed by atoms with van der Waals surface area (Å²) in [5, 5.41) is 0. The Morgan fingerprint density at radius 3 is 2.36 bits per heavy atom. The number of aryl methyl sites for hydroxylation is 2. The van der Waals surface area contributed by atoms with Crippen LogP contribution in [0.2, 0.25) is 0 Å². The van der Waals surface area contributed by atoms with Crippen LogP contribution in [0.15, 0.2) is 36.4 Å². The van der Waals surface area contributed by atoms with Gasteiger partial charge in [0.15, 0.2) is 11.4 Å². The number of carbonyl (C=O) groups excluding carboxylic acids is 2. The summed E-state index contributed by atoms with van der Waals surface area (Å²) in [6.07, 6.45) is 4.94. The first-order valence-corrected chi connectivity index (χ1v) is 10.1. The smallest absolute Gasteiger partial charge is 0.322 e. The highest BCUT2D eigenvalue weighted by Crippen LogP contribution is 2.43. The van der Waals surface area contributed by atoms with Crippen molar-refractivity contribution >= 4 is 11.8 Å². The second-order valence-electron chi connectivity index (χ2n) is 8.02. The maximum Gasteiger partial charge on any atom is 0.322 e. The lowest BCUT2D eigenvalue weighted by atomic mass is 9.78. The Morgan fingerprint density at radius 2 is 1.75 bits per heavy atom. The van der Waals surface area contributed by atoms with Gasteiger partial charge in [-0.2, -0.15) is 0 Å². The zero-order valence-electron chi connectivity index (χ0n) is 16.4. The Bertz CT molecular complexity index is 900. The zero-order chi connectivity index (χ0) is 19.9. The highest BCUT2D eigenvalue weighted by atomic mass is 19.1. The van der Waals surface area contributed by atoms with Crippen LogP contribution < -0.4 is 0 Å². The topological polar surface area (TPSA) is 43.4 Å². The molecule has 1 aliphatic heterocycles. The Balaban J connectivity index is 1.64. The lowest BCUT2D eigenvalue weighted by molar-refractivity contribution is -0.154. The fourth-order valence-electron chi connectivity index (χ4n) is 4.66.